The standard InChI is InChI=1S/C27H48O13S2/c1-14(13-39-41(33,34)35)6-5-7-15(2)19-20(29)21(30)23-26(19,4)11-9-18-25(3)10-8-16(28)12-17(25)22(40-42(36,37)38)24(31)27(18,23)32/h14-24,28-32H,5-13H2,1-4H3,(H,33,34,35)(H,36,37,38)/t14?,15-,16+,17-,18-,19+,20-,21+,22-,23-,24-,25+,26-,27+/m1/s1. The summed E-state index contributed by atoms with van der Waals surface area (Å²) in [6.07, 6.45) is -3.18. The van der Waals surface area contributed by atoms with E-state index in [2.05, 4.69) is 4.18 Å². The predicted octanol–water partition coefficient (Wildman–Crippen LogP) is 1.09. The third-order valence-corrected chi connectivity index (χ3v) is 12.5. The van der Waals surface area contributed by atoms with E-state index in [1.807, 2.05) is 20.8 Å². The van der Waals surface area contributed by atoms with Crippen LogP contribution < -0.4 is 0 Å². The van der Waals surface area contributed by atoms with Crippen molar-refractivity contribution in [3.05, 3.63) is 0 Å². The molecule has 0 aliphatic heterocycles. The summed E-state index contributed by atoms with van der Waals surface area (Å²) in [7, 11) is -9.58. The first-order valence-electron chi connectivity index (χ1n) is 14.9. The largest absolute Gasteiger partial charge is 0.397 e. The van der Waals surface area contributed by atoms with Crippen LogP contribution in [0.3, 0.4) is 0 Å². The molecule has 4 aliphatic rings. The first-order valence-corrected chi connectivity index (χ1v) is 17.6. The predicted molar refractivity (Wildman–Crippen MR) is 148 cm³/mol. The molecule has 1 unspecified atom stereocenters. The first kappa shape index (κ1) is 34.4. The minimum Gasteiger partial charge on any atom is -0.393 e. The summed E-state index contributed by atoms with van der Waals surface area (Å²) in [5.74, 6) is -3.15. The van der Waals surface area contributed by atoms with Crippen molar-refractivity contribution in [1.82, 2.24) is 0 Å². The average Bonchev–Trinajstić information content (AvgIpc) is 3.06. The summed E-state index contributed by atoms with van der Waals surface area (Å²) in [5.41, 5.74) is -3.71. The summed E-state index contributed by atoms with van der Waals surface area (Å²) in [6, 6.07) is 0. The van der Waals surface area contributed by atoms with Gasteiger partial charge in [0.15, 0.2) is 0 Å². The summed E-state index contributed by atoms with van der Waals surface area (Å²) in [6.45, 7) is 7.29. The molecule has 42 heavy (non-hydrogen) atoms. The smallest absolute Gasteiger partial charge is 0.393 e. The van der Waals surface area contributed by atoms with Crippen LogP contribution in [0.5, 0.6) is 0 Å². The molecule has 0 spiro atoms. The topological polar surface area (TPSA) is 228 Å². The third kappa shape index (κ3) is 6.05. The SMILES string of the molecule is CC(CCC[C@@H](C)[C@H]1[C@@H](O)[C@H](O)[C@@H]2[C@]1(C)CC[C@@H]1[C@@]3(C)CC[C@H](O)C[C@@H]3[C@@H](OS(=O)(=O)O)[C@@H](O)[C@]12O)COS(=O)(=O)O. The molecule has 0 aromatic rings. The van der Waals surface area contributed by atoms with Gasteiger partial charge in [0.1, 0.15) is 17.8 Å². The molecule has 0 aromatic carbocycles. The van der Waals surface area contributed by atoms with Crippen LogP contribution in [0.4, 0.5) is 0 Å². The fraction of sp³-hybridized carbons (Fsp3) is 1.00. The van der Waals surface area contributed by atoms with Crippen LogP contribution in [-0.4, -0.2) is 94.2 Å². The molecule has 0 aromatic heterocycles. The second kappa shape index (κ2) is 11.7. The van der Waals surface area contributed by atoms with Crippen molar-refractivity contribution in [2.45, 2.75) is 115 Å². The van der Waals surface area contributed by atoms with Gasteiger partial charge in [0, 0.05) is 5.92 Å². The highest BCUT2D eigenvalue weighted by molar-refractivity contribution is 7.81. The minimum atomic E-state index is -5.05. The van der Waals surface area contributed by atoms with Gasteiger partial charge in [-0.1, -0.05) is 40.5 Å². The molecule has 246 valence electrons. The van der Waals surface area contributed by atoms with Gasteiger partial charge in [0.05, 0.1) is 24.9 Å². The molecule has 0 heterocycles. The van der Waals surface area contributed by atoms with Gasteiger partial charge in [-0.05, 0) is 78.9 Å². The van der Waals surface area contributed by atoms with Crippen LogP contribution in [0.2, 0.25) is 0 Å². The Hall–Kier alpha value is -0.460. The normalized spacial score (nSPS) is 47.3. The van der Waals surface area contributed by atoms with Crippen LogP contribution in [0.1, 0.15) is 79.1 Å². The Balaban J connectivity index is 1.62. The van der Waals surface area contributed by atoms with E-state index in [1.165, 1.54) is 0 Å². The molecule has 13 nitrogen and oxygen atoms in total. The van der Waals surface area contributed by atoms with Gasteiger partial charge in [-0.25, -0.2) is 8.37 Å². The van der Waals surface area contributed by atoms with Crippen molar-refractivity contribution in [2.24, 2.45) is 46.3 Å². The Morgan fingerprint density at radius 3 is 2.10 bits per heavy atom. The molecule has 0 amide bonds. The van der Waals surface area contributed by atoms with Crippen LogP contribution in [0, 0.1) is 46.3 Å². The Bertz CT molecular complexity index is 1200. The Morgan fingerprint density at radius 2 is 1.50 bits per heavy atom. The van der Waals surface area contributed by atoms with Gasteiger partial charge in [-0.3, -0.25) is 9.11 Å². The summed E-state index contributed by atoms with van der Waals surface area (Å²) in [4.78, 5) is 0. The van der Waals surface area contributed by atoms with Gasteiger partial charge in [0.2, 0.25) is 0 Å². The molecule has 4 saturated carbocycles. The van der Waals surface area contributed by atoms with Crippen LogP contribution in [0.25, 0.3) is 0 Å². The molecular weight excluding hydrogens is 596 g/mol. The number of aliphatic hydroxyl groups is 5. The van der Waals surface area contributed by atoms with E-state index >= 15 is 0 Å². The summed E-state index contributed by atoms with van der Waals surface area (Å²) in [5, 5.41) is 57.7. The lowest BCUT2D eigenvalue weighted by Crippen LogP contribution is -2.75. The second-order valence-corrected chi connectivity index (χ2v) is 16.3. The van der Waals surface area contributed by atoms with Crippen molar-refractivity contribution in [2.75, 3.05) is 6.61 Å². The lowest BCUT2D eigenvalue weighted by Gasteiger charge is -2.67. The van der Waals surface area contributed by atoms with Crippen molar-refractivity contribution in [3.8, 4) is 0 Å². The number of hydrogen-bond donors (Lipinski definition) is 7. The van der Waals surface area contributed by atoms with Gasteiger partial charge in [-0.2, -0.15) is 16.8 Å². The highest BCUT2D eigenvalue weighted by Crippen LogP contribution is 2.70. The Labute approximate surface area is 248 Å². The first-order chi connectivity index (χ1) is 19.2. The number of aliphatic hydroxyl groups excluding tert-OH is 4. The number of hydrogen-bond acceptors (Lipinski definition) is 11. The zero-order valence-electron chi connectivity index (χ0n) is 24.6. The van der Waals surface area contributed by atoms with Crippen molar-refractivity contribution in [1.29, 1.82) is 0 Å². The van der Waals surface area contributed by atoms with Gasteiger partial charge >= 0.3 is 20.8 Å². The quantitative estimate of drug-likeness (QED) is 0.165. The fourth-order valence-corrected chi connectivity index (χ4v) is 10.9. The van der Waals surface area contributed by atoms with Gasteiger partial charge < -0.3 is 25.5 Å². The van der Waals surface area contributed by atoms with Crippen molar-refractivity contribution in [3.63, 3.8) is 0 Å². The molecule has 0 radical (unpaired) electrons. The van der Waals surface area contributed by atoms with Crippen LogP contribution in [-0.2, 0) is 29.2 Å². The zero-order valence-corrected chi connectivity index (χ0v) is 26.2. The zero-order chi connectivity index (χ0) is 31.6. The lowest BCUT2D eigenvalue weighted by molar-refractivity contribution is -0.306. The van der Waals surface area contributed by atoms with Gasteiger partial charge in [-0.15, -0.1) is 0 Å². The van der Waals surface area contributed by atoms with Crippen LogP contribution >= 0.6 is 0 Å². The second-order valence-electron chi connectivity index (χ2n) is 14.2. The number of rotatable bonds is 10. The maximum Gasteiger partial charge on any atom is 0.397 e. The van der Waals surface area contributed by atoms with E-state index in [9.17, 15) is 46.9 Å². The molecule has 14 atom stereocenters. The van der Waals surface area contributed by atoms with E-state index in [-0.39, 0.29) is 24.9 Å². The Morgan fingerprint density at radius 1 is 0.881 bits per heavy atom. The van der Waals surface area contributed by atoms with E-state index < -0.39 is 91.4 Å². The lowest BCUT2D eigenvalue weighted by atomic mass is 9.41. The molecule has 4 rings (SSSR count). The van der Waals surface area contributed by atoms with Gasteiger partial charge in [0.25, 0.3) is 0 Å². The highest BCUT2D eigenvalue weighted by Gasteiger charge is 2.76. The van der Waals surface area contributed by atoms with Crippen LogP contribution in [0.15, 0.2) is 0 Å². The molecule has 0 bridgehead atoms. The molecule has 4 fully saturated rings. The van der Waals surface area contributed by atoms with E-state index in [0.29, 0.717) is 44.9 Å². The Kier molecular flexibility index (Phi) is 9.60. The van der Waals surface area contributed by atoms with E-state index in [0.717, 1.165) is 0 Å². The summed E-state index contributed by atoms with van der Waals surface area (Å²) < 4.78 is 73.4. The highest BCUT2D eigenvalue weighted by atomic mass is 32.3. The third-order valence-electron chi connectivity index (χ3n) is 11.6. The fourth-order valence-electron chi connectivity index (χ4n) is 9.94. The molecular formula is C27H48O13S2. The van der Waals surface area contributed by atoms with E-state index in [1.54, 1.807) is 6.92 Å². The molecule has 7 N–H and O–H groups in total. The monoisotopic (exact) mass is 644 g/mol. The minimum absolute atomic E-state index is 0.112. The van der Waals surface area contributed by atoms with Crippen molar-refractivity contribution >= 4 is 20.8 Å². The maximum absolute atomic E-state index is 12.6. The van der Waals surface area contributed by atoms with Crippen molar-refractivity contribution < 1.29 is 59.8 Å². The molecule has 0 saturated heterocycles. The molecule has 4 aliphatic carbocycles. The molecule has 15 heteroatoms. The average molecular weight is 645 g/mol. The summed E-state index contributed by atoms with van der Waals surface area (Å²) >= 11 is 0. The van der Waals surface area contributed by atoms with E-state index in [4.69, 9.17) is 8.74 Å². The number of fused-ring (bicyclic) bond motifs is 5. The maximum atomic E-state index is 12.6.